The molecule has 0 aliphatic carbocycles. The Morgan fingerprint density at radius 1 is 1.27 bits per heavy atom. The largest absolute Gasteiger partial charge is 0.493 e. The quantitative estimate of drug-likeness (QED) is 0.353. The average Bonchev–Trinajstić information content (AvgIpc) is 3.09. The van der Waals surface area contributed by atoms with Crippen molar-refractivity contribution in [1.29, 1.82) is 0 Å². The van der Waals surface area contributed by atoms with Crippen LogP contribution >= 0.6 is 0 Å². The summed E-state index contributed by atoms with van der Waals surface area (Å²) in [6.45, 7) is 7.64. The summed E-state index contributed by atoms with van der Waals surface area (Å²) in [5, 5.41) is 15.4. The number of ether oxygens (including phenoxy) is 2. The molecule has 1 atom stereocenters. The standard InChI is InChI=1S/C22H34N6O2/c1-4-5-13-29-14-8-12-23-22(24-16-21-27-26-17(2)28(21)3)25-19-11-15-30-20-10-7-6-9-18(19)20/h6-7,9-10,19H,4-5,8,11-16H2,1-3H3,(H2,23,24,25). The summed E-state index contributed by atoms with van der Waals surface area (Å²) < 4.78 is 13.4. The van der Waals surface area contributed by atoms with Crippen molar-refractivity contribution in [3.05, 3.63) is 41.5 Å². The fourth-order valence-electron chi connectivity index (χ4n) is 3.28. The molecule has 2 aromatic rings. The van der Waals surface area contributed by atoms with Gasteiger partial charge in [-0.25, -0.2) is 4.99 Å². The molecule has 30 heavy (non-hydrogen) atoms. The molecule has 0 bridgehead atoms. The van der Waals surface area contributed by atoms with Gasteiger partial charge in [0, 0.05) is 38.8 Å². The molecule has 0 spiro atoms. The van der Waals surface area contributed by atoms with Crippen molar-refractivity contribution in [2.24, 2.45) is 12.0 Å². The first-order valence-corrected chi connectivity index (χ1v) is 10.9. The van der Waals surface area contributed by atoms with Gasteiger partial charge in [-0.2, -0.15) is 0 Å². The van der Waals surface area contributed by atoms with E-state index in [9.17, 15) is 0 Å². The van der Waals surface area contributed by atoms with E-state index >= 15 is 0 Å². The Labute approximate surface area is 179 Å². The van der Waals surface area contributed by atoms with Crippen LogP contribution in [0.4, 0.5) is 0 Å². The molecule has 2 heterocycles. The molecule has 3 rings (SSSR count). The van der Waals surface area contributed by atoms with Crippen molar-refractivity contribution in [3.63, 3.8) is 0 Å². The number of aromatic nitrogens is 3. The third-order valence-electron chi connectivity index (χ3n) is 5.23. The lowest BCUT2D eigenvalue weighted by atomic mass is 10.0. The molecule has 1 aliphatic heterocycles. The maximum atomic E-state index is 5.79. The Morgan fingerprint density at radius 3 is 2.90 bits per heavy atom. The fourth-order valence-corrected chi connectivity index (χ4v) is 3.28. The molecule has 1 aromatic heterocycles. The van der Waals surface area contributed by atoms with Gasteiger partial charge in [0.05, 0.1) is 12.6 Å². The number of aliphatic imine (C=N–C) groups is 1. The number of fused-ring (bicyclic) bond motifs is 1. The number of hydrogen-bond acceptors (Lipinski definition) is 5. The lowest BCUT2D eigenvalue weighted by Gasteiger charge is -2.28. The monoisotopic (exact) mass is 414 g/mol. The zero-order valence-corrected chi connectivity index (χ0v) is 18.4. The number of nitrogens with zero attached hydrogens (tertiary/aromatic N) is 4. The molecule has 1 aromatic carbocycles. The van der Waals surface area contributed by atoms with E-state index in [1.165, 1.54) is 0 Å². The van der Waals surface area contributed by atoms with Crippen LogP contribution in [0.15, 0.2) is 29.3 Å². The first-order chi connectivity index (χ1) is 14.7. The van der Waals surface area contributed by atoms with Crippen molar-refractivity contribution in [2.75, 3.05) is 26.4 Å². The van der Waals surface area contributed by atoms with Crippen LogP contribution in [0.3, 0.4) is 0 Å². The highest BCUT2D eigenvalue weighted by Gasteiger charge is 2.22. The van der Waals surface area contributed by atoms with Crippen molar-refractivity contribution in [2.45, 2.75) is 52.1 Å². The van der Waals surface area contributed by atoms with Crippen LogP contribution in [0.5, 0.6) is 5.75 Å². The number of guanidine groups is 1. The summed E-state index contributed by atoms with van der Waals surface area (Å²) in [6, 6.07) is 8.33. The second-order valence-electron chi connectivity index (χ2n) is 7.51. The maximum Gasteiger partial charge on any atom is 0.192 e. The van der Waals surface area contributed by atoms with Gasteiger partial charge in [-0.15, -0.1) is 10.2 Å². The van der Waals surface area contributed by atoms with E-state index in [0.29, 0.717) is 13.2 Å². The average molecular weight is 415 g/mol. The predicted molar refractivity (Wildman–Crippen MR) is 118 cm³/mol. The molecule has 8 heteroatoms. The number of hydrogen-bond donors (Lipinski definition) is 2. The molecular weight excluding hydrogens is 380 g/mol. The highest BCUT2D eigenvalue weighted by molar-refractivity contribution is 5.80. The van der Waals surface area contributed by atoms with E-state index in [1.54, 1.807) is 0 Å². The lowest BCUT2D eigenvalue weighted by molar-refractivity contribution is 0.129. The smallest absolute Gasteiger partial charge is 0.192 e. The third kappa shape index (κ3) is 6.19. The first-order valence-electron chi connectivity index (χ1n) is 10.9. The molecule has 0 amide bonds. The second kappa shape index (κ2) is 11.5. The first kappa shape index (κ1) is 22.1. The van der Waals surface area contributed by atoms with E-state index in [4.69, 9.17) is 14.5 Å². The van der Waals surface area contributed by atoms with Gasteiger partial charge in [-0.3, -0.25) is 0 Å². The highest BCUT2D eigenvalue weighted by atomic mass is 16.5. The van der Waals surface area contributed by atoms with E-state index in [1.807, 2.05) is 36.7 Å². The summed E-state index contributed by atoms with van der Waals surface area (Å²) >= 11 is 0. The molecule has 0 radical (unpaired) electrons. The number of para-hydroxylation sites is 1. The van der Waals surface area contributed by atoms with Gasteiger partial charge in [0.2, 0.25) is 0 Å². The van der Waals surface area contributed by atoms with Gasteiger partial charge < -0.3 is 24.7 Å². The van der Waals surface area contributed by atoms with Gasteiger partial charge >= 0.3 is 0 Å². The van der Waals surface area contributed by atoms with Crippen molar-refractivity contribution in [1.82, 2.24) is 25.4 Å². The molecule has 1 aliphatic rings. The van der Waals surface area contributed by atoms with Crippen molar-refractivity contribution < 1.29 is 9.47 Å². The Kier molecular flexibility index (Phi) is 8.50. The van der Waals surface area contributed by atoms with Gasteiger partial charge in [-0.1, -0.05) is 31.5 Å². The molecule has 8 nitrogen and oxygen atoms in total. The maximum absolute atomic E-state index is 5.79. The number of aryl methyl sites for hydroxylation is 1. The van der Waals surface area contributed by atoms with E-state index < -0.39 is 0 Å². The molecule has 0 saturated heterocycles. The predicted octanol–water partition coefficient (Wildman–Crippen LogP) is 2.89. The minimum atomic E-state index is 0.156. The molecule has 1 unspecified atom stereocenters. The third-order valence-corrected chi connectivity index (χ3v) is 5.23. The van der Waals surface area contributed by atoms with Crippen LogP contribution < -0.4 is 15.4 Å². The van der Waals surface area contributed by atoms with Crippen LogP contribution in [-0.4, -0.2) is 47.1 Å². The molecule has 164 valence electrons. The summed E-state index contributed by atoms with van der Waals surface area (Å²) in [6.07, 6.45) is 4.09. The van der Waals surface area contributed by atoms with Crippen LogP contribution in [0.1, 0.15) is 55.9 Å². The molecule has 0 saturated carbocycles. The van der Waals surface area contributed by atoms with Gasteiger partial charge in [0.25, 0.3) is 0 Å². The lowest BCUT2D eigenvalue weighted by Crippen LogP contribution is -2.41. The zero-order chi connectivity index (χ0) is 21.2. The highest BCUT2D eigenvalue weighted by Crippen LogP contribution is 2.31. The minimum absolute atomic E-state index is 0.156. The number of nitrogens with one attached hydrogen (secondary N) is 2. The number of unbranched alkanes of at least 4 members (excludes halogenated alkanes) is 1. The minimum Gasteiger partial charge on any atom is -0.493 e. The summed E-state index contributed by atoms with van der Waals surface area (Å²) in [7, 11) is 1.96. The summed E-state index contributed by atoms with van der Waals surface area (Å²) in [5.74, 6) is 3.42. The molecular formula is C22H34N6O2. The van der Waals surface area contributed by atoms with Gasteiger partial charge in [0.1, 0.15) is 18.1 Å². The SMILES string of the molecule is CCCCOCCCNC(=NCc1nnc(C)n1C)NC1CCOc2ccccc21. The summed E-state index contributed by atoms with van der Waals surface area (Å²) in [5.41, 5.74) is 1.16. The van der Waals surface area contributed by atoms with Gasteiger partial charge in [-0.05, 0) is 25.8 Å². The topological polar surface area (TPSA) is 85.6 Å². The Bertz CT molecular complexity index is 820. The second-order valence-corrected chi connectivity index (χ2v) is 7.51. The Hall–Kier alpha value is -2.61. The van der Waals surface area contributed by atoms with Crippen LogP contribution in [-0.2, 0) is 18.3 Å². The van der Waals surface area contributed by atoms with Gasteiger partial charge in [0.15, 0.2) is 11.8 Å². The van der Waals surface area contributed by atoms with E-state index in [0.717, 1.165) is 74.4 Å². The fraction of sp³-hybridized carbons (Fsp3) is 0.591. The zero-order valence-electron chi connectivity index (χ0n) is 18.4. The van der Waals surface area contributed by atoms with Crippen molar-refractivity contribution in [3.8, 4) is 5.75 Å². The Morgan fingerprint density at radius 2 is 2.10 bits per heavy atom. The van der Waals surface area contributed by atoms with Crippen molar-refractivity contribution >= 4 is 5.96 Å². The summed E-state index contributed by atoms with van der Waals surface area (Å²) in [4.78, 5) is 4.77. The van der Waals surface area contributed by atoms with Crippen LogP contribution in [0, 0.1) is 6.92 Å². The molecule has 2 N–H and O–H groups in total. The number of benzene rings is 1. The van der Waals surface area contributed by atoms with E-state index in [-0.39, 0.29) is 6.04 Å². The van der Waals surface area contributed by atoms with Crippen LogP contribution in [0.25, 0.3) is 0 Å². The normalized spacial score (nSPS) is 16.1. The molecule has 0 fully saturated rings. The Balaban J connectivity index is 1.62. The number of rotatable bonds is 10. The van der Waals surface area contributed by atoms with E-state index in [2.05, 4.69) is 33.8 Å². The van der Waals surface area contributed by atoms with Crippen LogP contribution in [0.2, 0.25) is 0 Å².